The zero-order valence-electron chi connectivity index (χ0n) is 12.1. The number of anilines is 2. The van der Waals surface area contributed by atoms with E-state index in [0.29, 0.717) is 12.5 Å². The van der Waals surface area contributed by atoms with Gasteiger partial charge in [0.05, 0.1) is 0 Å². The van der Waals surface area contributed by atoms with Crippen LogP contribution in [-0.2, 0) is 0 Å². The number of pyridine rings is 1. The number of halogens is 2. The number of hydrogen-bond acceptors (Lipinski definition) is 3. The van der Waals surface area contributed by atoms with E-state index in [9.17, 15) is 8.78 Å². The Morgan fingerprint density at radius 1 is 1.16 bits per heavy atom. The molecule has 0 saturated heterocycles. The zero-order valence-corrected chi connectivity index (χ0v) is 12.1. The second kappa shape index (κ2) is 7.26. The van der Waals surface area contributed by atoms with Gasteiger partial charge in [0.15, 0.2) is 23.3 Å². The van der Waals surface area contributed by atoms with Crippen LogP contribution in [0, 0.1) is 17.6 Å². The predicted molar refractivity (Wildman–Crippen MR) is 75.5 cm³/mol. The van der Waals surface area contributed by atoms with Crippen LogP contribution < -0.4 is 10.6 Å². The normalized spacial score (nSPS) is 14.0. The molecular formula is C14H23F2N3. The van der Waals surface area contributed by atoms with Gasteiger partial charge in [0.25, 0.3) is 0 Å². The molecule has 0 aliphatic heterocycles. The minimum absolute atomic E-state index is 0.0801. The fraction of sp³-hybridized carbons (Fsp3) is 0.643. The SMILES string of the molecule is CCCNc1nc(NC(C)C(C)CC)c(F)cc1F. The number of nitrogens with zero attached hydrogens (tertiary/aromatic N) is 1. The third-order valence-electron chi connectivity index (χ3n) is 3.33. The van der Waals surface area contributed by atoms with Gasteiger partial charge < -0.3 is 10.6 Å². The van der Waals surface area contributed by atoms with E-state index in [2.05, 4.69) is 29.5 Å². The summed E-state index contributed by atoms with van der Waals surface area (Å²) in [6.45, 7) is 8.70. The Bertz CT molecular complexity index is 410. The summed E-state index contributed by atoms with van der Waals surface area (Å²) >= 11 is 0. The van der Waals surface area contributed by atoms with Gasteiger partial charge in [-0.15, -0.1) is 0 Å². The second-order valence-corrected chi connectivity index (χ2v) is 4.89. The van der Waals surface area contributed by atoms with Gasteiger partial charge in [-0.25, -0.2) is 13.8 Å². The first-order valence-electron chi connectivity index (χ1n) is 6.86. The monoisotopic (exact) mass is 271 g/mol. The van der Waals surface area contributed by atoms with Crippen molar-refractivity contribution in [2.75, 3.05) is 17.2 Å². The summed E-state index contributed by atoms with van der Waals surface area (Å²) in [5, 5.41) is 5.87. The van der Waals surface area contributed by atoms with Gasteiger partial charge in [0.2, 0.25) is 0 Å². The maximum atomic E-state index is 13.7. The van der Waals surface area contributed by atoms with Crippen molar-refractivity contribution in [3.8, 4) is 0 Å². The highest BCUT2D eigenvalue weighted by Crippen LogP contribution is 2.21. The summed E-state index contributed by atoms with van der Waals surface area (Å²) in [6, 6.07) is 0.952. The van der Waals surface area contributed by atoms with Crippen molar-refractivity contribution in [3.63, 3.8) is 0 Å². The molecule has 0 radical (unpaired) electrons. The Labute approximate surface area is 113 Å². The Hall–Kier alpha value is -1.39. The third kappa shape index (κ3) is 4.33. The van der Waals surface area contributed by atoms with Crippen LogP contribution in [0.5, 0.6) is 0 Å². The van der Waals surface area contributed by atoms with Crippen LogP contribution in [-0.4, -0.2) is 17.6 Å². The largest absolute Gasteiger partial charge is 0.368 e. The molecule has 0 aromatic carbocycles. The highest BCUT2D eigenvalue weighted by atomic mass is 19.1. The smallest absolute Gasteiger partial charge is 0.168 e. The van der Waals surface area contributed by atoms with Crippen molar-refractivity contribution < 1.29 is 8.78 Å². The number of hydrogen-bond donors (Lipinski definition) is 2. The maximum Gasteiger partial charge on any atom is 0.168 e. The third-order valence-corrected chi connectivity index (χ3v) is 3.33. The lowest BCUT2D eigenvalue weighted by Gasteiger charge is -2.21. The molecule has 0 aliphatic rings. The van der Waals surface area contributed by atoms with E-state index in [-0.39, 0.29) is 17.7 Å². The van der Waals surface area contributed by atoms with Crippen molar-refractivity contribution >= 4 is 11.6 Å². The molecule has 0 amide bonds. The Morgan fingerprint density at radius 2 is 1.79 bits per heavy atom. The van der Waals surface area contributed by atoms with Gasteiger partial charge in [-0.05, 0) is 19.3 Å². The van der Waals surface area contributed by atoms with Gasteiger partial charge in [-0.3, -0.25) is 0 Å². The van der Waals surface area contributed by atoms with Crippen molar-refractivity contribution in [1.82, 2.24) is 4.98 Å². The molecule has 19 heavy (non-hydrogen) atoms. The average molecular weight is 271 g/mol. The lowest BCUT2D eigenvalue weighted by atomic mass is 10.0. The van der Waals surface area contributed by atoms with Gasteiger partial charge in [0, 0.05) is 18.7 Å². The molecule has 1 rings (SSSR count). The van der Waals surface area contributed by atoms with Gasteiger partial charge in [-0.2, -0.15) is 0 Å². The average Bonchev–Trinajstić information content (AvgIpc) is 2.39. The fourth-order valence-electron chi connectivity index (χ4n) is 1.65. The summed E-state index contributed by atoms with van der Waals surface area (Å²) in [5.74, 6) is -0.726. The summed E-state index contributed by atoms with van der Waals surface area (Å²) in [7, 11) is 0. The predicted octanol–water partition coefficient (Wildman–Crippen LogP) is 4.03. The van der Waals surface area contributed by atoms with Crippen molar-refractivity contribution in [1.29, 1.82) is 0 Å². The van der Waals surface area contributed by atoms with Crippen LogP contribution >= 0.6 is 0 Å². The minimum Gasteiger partial charge on any atom is -0.368 e. The van der Waals surface area contributed by atoms with Gasteiger partial charge in [-0.1, -0.05) is 27.2 Å². The van der Waals surface area contributed by atoms with E-state index in [0.717, 1.165) is 18.9 Å². The molecule has 0 fully saturated rings. The van der Waals surface area contributed by atoms with Gasteiger partial charge in [0.1, 0.15) is 0 Å². The van der Waals surface area contributed by atoms with E-state index in [1.165, 1.54) is 0 Å². The number of aromatic nitrogens is 1. The van der Waals surface area contributed by atoms with Crippen LogP contribution in [0.4, 0.5) is 20.4 Å². The molecule has 1 heterocycles. The first-order valence-corrected chi connectivity index (χ1v) is 6.86. The summed E-state index contributed by atoms with van der Waals surface area (Å²) in [6.07, 6.45) is 1.84. The van der Waals surface area contributed by atoms with E-state index < -0.39 is 11.6 Å². The van der Waals surface area contributed by atoms with Crippen molar-refractivity contribution in [2.24, 2.45) is 5.92 Å². The van der Waals surface area contributed by atoms with E-state index in [4.69, 9.17) is 0 Å². The molecule has 1 aromatic rings. The molecule has 0 saturated carbocycles. The fourth-order valence-corrected chi connectivity index (χ4v) is 1.65. The first-order chi connectivity index (χ1) is 8.99. The number of nitrogens with one attached hydrogen (secondary N) is 2. The Morgan fingerprint density at radius 3 is 2.37 bits per heavy atom. The molecule has 3 nitrogen and oxygen atoms in total. The Kier molecular flexibility index (Phi) is 5.99. The van der Waals surface area contributed by atoms with Crippen LogP contribution in [0.15, 0.2) is 6.07 Å². The first kappa shape index (κ1) is 15.7. The minimum atomic E-state index is -0.660. The molecule has 0 bridgehead atoms. The summed E-state index contributed by atoms with van der Waals surface area (Å²) < 4.78 is 27.2. The Balaban J connectivity index is 2.87. The molecule has 2 unspecified atom stereocenters. The summed E-state index contributed by atoms with van der Waals surface area (Å²) in [4.78, 5) is 3.99. The highest BCUT2D eigenvalue weighted by molar-refractivity contribution is 5.48. The standard InChI is InChI=1S/C14H23F2N3/c1-5-7-17-13-11(15)8-12(16)14(19-13)18-10(4)9(3)6-2/h8-10H,5-7H2,1-4H3,(H2,17,18,19). The van der Waals surface area contributed by atoms with E-state index in [1.54, 1.807) is 0 Å². The second-order valence-electron chi connectivity index (χ2n) is 4.89. The van der Waals surface area contributed by atoms with Crippen LogP contribution in [0.1, 0.15) is 40.5 Å². The lowest BCUT2D eigenvalue weighted by Crippen LogP contribution is -2.24. The quantitative estimate of drug-likeness (QED) is 0.786. The van der Waals surface area contributed by atoms with Crippen LogP contribution in [0.3, 0.4) is 0 Å². The topological polar surface area (TPSA) is 37.0 Å². The molecule has 0 spiro atoms. The molecule has 2 atom stereocenters. The van der Waals surface area contributed by atoms with Gasteiger partial charge >= 0.3 is 0 Å². The molecule has 2 N–H and O–H groups in total. The number of rotatable bonds is 7. The van der Waals surface area contributed by atoms with Crippen molar-refractivity contribution in [2.45, 2.75) is 46.6 Å². The molecule has 108 valence electrons. The molecule has 1 aromatic heterocycles. The highest BCUT2D eigenvalue weighted by Gasteiger charge is 2.16. The van der Waals surface area contributed by atoms with E-state index >= 15 is 0 Å². The molecule has 5 heteroatoms. The summed E-state index contributed by atoms with van der Waals surface area (Å²) in [5.41, 5.74) is 0. The maximum absolute atomic E-state index is 13.7. The van der Waals surface area contributed by atoms with Crippen LogP contribution in [0.25, 0.3) is 0 Å². The lowest BCUT2D eigenvalue weighted by molar-refractivity contribution is 0.488. The van der Waals surface area contributed by atoms with E-state index in [1.807, 2.05) is 13.8 Å². The molecular weight excluding hydrogens is 248 g/mol. The molecule has 0 aliphatic carbocycles. The zero-order chi connectivity index (χ0) is 14.4. The van der Waals surface area contributed by atoms with Crippen molar-refractivity contribution in [3.05, 3.63) is 17.7 Å². The van der Waals surface area contributed by atoms with Crippen LogP contribution in [0.2, 0.25) is 0 Å².